The van der Waals surface area contributed by atoms with Crippen LogP contribution in [0.1, 0.15) is 31.7 Å². The van der Waals surface area contributed by atoms with Crippen LogP contribution in [0.4, 0.5) is 13.2 Å². The highest BCUT2D eigenvalue weighted by molar-refractivity contribution is 5.70. The maximum absolute atomic E-state index is 13.5. The Labute approximate surface area is 122 Å². The first kappa shape index (κ1) is 17.5. The Hall–Kier alpha value is -1.56. The molecule has 3 N–H and O–H groups in total. The minimum atomic E-state index is -1.47. The Kier molecular flexibility index (Phi) is 6.68. The van der Waals surface area contributed by atoms with Gasteiger partial charge >= 0.3 is 5.97 Å². The molecule has 1 rings (SSSR count). The van der Waals surface area contributed by atoms with Crippen LogP contribution in [0.3, 0.4) is 0 Å². The molecule has 6 heteroatoms. The van der Waals surface area contributed by atoms with Gasteiger partial charge in [-0.3, -0.25) is 4.79 Å². The van der Waals surface area contributed by atoms with E-state index >= 15 is 0 Å². The van der Waals surface area contributed by atoms with E-state index in [2.05, 4.69) is 0 Å². The Balaban J connectivity index is 2.67. The van der Waals surface area contributed by atoms with Gasteiger partial charge in [-0.05, 0) is 36.8 Å². The van der Waals surface area contributed by atoms with Crippen LogP contribution in [0.25, 0.3) is 0 Å². The maximum Gasteiger partial charge on any atom is 0.307 e. The summed E-state index contributed by atoms with van der Waals surface area (Å²) in [4.78, 5) is 11.0. The molecule has 0 saturated carbocycles. The first-order valence-electron chi connectivity index (χ1n) is 6.95. The zero-order valence-electron chi connectivity index (χ0n) is 11.9. The summed E-state index contributed by atoms with van der Waals surface area (Å²) in [6.07, 6.45) is 1.85. The van der Waals surface area contributed by atoms with Crippen molar-refractivity contribution >= 4 is 5.97 Å². The van der Waals surface area contributed by atoms with Crippen molar-refractivity contribution in [1.82, 2.24) is 0 Å². The van der Waals surface area contributed by atoms with Crippen LogP contribution in [0.5, 0.6) is 0 Å². The summed E-state index contributed by atoms with van der Waals surface area (Å²) in [6.45, 7) is 1.95. The van der Waals surface area contributed by atoms with Crippen molar-refractivity contribution in [2.24, 2.45) is 17.6 Å². The highest BCUT2D eigenvalue weighted by Crippen LogP contribution is 2.23. The van der Waals surface area contributed by atoms with Gasteiger partial charge in [0.2, 0.25) is 0 Å². The van der Waals surface area contributed by atoms with Gasteiger partial charge in [0.25, 0.3) is 0 Å². The Morgan fingerprint density at radius 2 is 1.95 bits per heavy atom. The van der Waals surface area contributed by atoms with Crippen molar-refractivity contribution in [2.75, 3.05) is 6.54 Å². The van der Waals surface area contributed by atoms with E-state index in [1.54, 1.807) is 0 Å². The molecule has 2 unspecified atom stereocenters. The number of hydrogen-bond acceptors (Lipinski definition) is 2. The molecule has 1 aromatic carbocycles. The molecule has 0 spiro atoms. The number of rotatable bonds is 8. The van der Waals surface area contributed by atoms with E-state index in [9.17, 15) is 18.0 Å². The van der Waals surface area contributed by atoms with Crippen LogP contribution < -0.4 is 5.73 Å². The summed E-state index contributed by atoms with van der Waals surface area (Å²) in [5, 5.41) is 8.98. The number of nitrogens with two attached hydrogens (primary N) is 1. The normalized spacial score (nSPS) is 14.0. The van der Waals surface area contributed by atoms with E-state index in [0.717, 1.165) is 12.5 Å². The van der Waals surface area contributed by atoms with E-state index in [4.69, 9.17) is 10.8 Å². The molecule has 0 bridgehead atoms. The molecule has 0 aliphatic rings. The van der Waals surface area contributed by atoms with Gasteiger partial charge in [0.15, 0.2) is 17.5 Å². The van der Waals surface area contributed by atoms with Crippen LogP contribution in [0, 0.1) is 29.3 Å². The summed E-state index contributed by atoms with van der Waals surface area (Å²) in [5.74, 6) is -5.39. The standard InChI is InChI=1S/C15H20F3NO2/c1-2-9(7-11(8-19)15(20)21)3-4-10-5-6-12(16)14(18)13(10)17/h5-6,9,11H,2-4,7-8,19H2,1H3,(H,20,21). The smallest absolute Gasteiger partial charge is 0.307 e. The molecule has 2 atom stereocenters. The van der Waals surface area contributed by atoms with Crippen molar-refractivity contribution in [3.05, 3.63) is 35.1 Å². The second kappa shape index (κ2) is 8.02. The summed E-state index contributed by atoms with van der Waals surface area (Å²) < 4.78 is 39.5. The van der Waals surface area contributed by atoms with Gasteiger partial charge in [-0.25, -0.2) is 13.2 Å². The lowest BCUT2D eigenvalue weighted by atomic mass is 9.88. The van der Waals surface area contributed by atoms with Gasteiger partial charge in [0, 0.05) is 6.54 Å². The van der Waals surface area contributed by atoms with Crippen molar-refractivity contribution in [3.8, 4) is 0 Å². The average Bonchev–Trinajstić information content (AvgIpc) is 2.46. The number of benzene rings is 1. The number of carboxylic acid groups (broad SMARTS) is 1. The molecular formula is C15H20F3NO2. The van der Waals surface area contributed by atoms with Gasteiger partial charge in [-0.2, -0.15) is 0 Å². The monoisotopic (exact) mass is 303 g/mol. The lowest BCUT2D eigenvalue weighted by molar-refractivity contribution is -0.142. The third kappa shape index (κ3) is 4.74. The number of aryl methyl sites for hydroxylation is 1. The molecule has 21 heavy (non-hydrogen) atoms. The molecule has 0 aliphatic heterocycles. The third-order valence-electron chi connectivity index (χ3n) is 3.77. The fourth-order valence-electron chi connectivity index (χ4n) is 2.31. The molecule has 0 amide bonds. The molecule has 0 fully saturated rings. The fraction of sp³-hybridized carbons (Fsp3) is 0.533. The first-order chi connectivity index (χ1) is 9.90. The zero-order chi connectivity index (χ0) is 16.0. The van der Waals surface area contributed by atoms with Gasteiger partial charge in [0.05, 0.1) is 5.92 Å². The van der Waals surface area contributed by atoms with E-state index < -0.39 is 29.3 Å². The molecule has 0 radical (unpaired) electrons. The lowest BCUT2D eigenvalue weighted by Crippen LogP contribution is -2.26. The lowest BCUT2D eigenvalue weighted by Gasteiger charge is -2.19. The van der Waals surface area contributed by atoms with Crippen molar-refractivity contribution < 1.29 is 23.1 Å². The summed E-state index contributed by atoms with van der Waals surface area (Å²) in [7, 11) is 0. The van der Waals surface area contributed by atoms with Gasteiger partial charge in [-0.15, -0.1) is 0 Å². The topological polar surface area (TPSA) is 63.3 Å². The molecule has 0 saturated heterocycles. The first-order valence-corrected chi connectivity index (χ1v) is 6.95. The van der Waals surface area contributed by atoms with E-state index in [-0.39, 0.29) is 24.4 Å². The second-order valence-corrected chi connectivity index (χ2v) is 5.15. The number of aliphatic carboxylic acids is 1. The average molecular weight is 303 g/mol. The van der Waals surface area contributed by atoms with Crippen molar-refractivity contribution in [3.63, 3.8) is 0 Å². The summed E-state index contributed by atoms with van der Waals surface area (Å²) in [5.41, 5.74) is 5.52. The molecule has 118 valence electrons. The predicted octanol–water partition coefficient (Wildman–Crippen LogP) is 3.11. The highest BCUT2D eigenvalue weighted by Gasteiger charge is 2.21. The van der Waals surface area contributed by atoms with Crippen LogP contribution in [-0.2, 0) is 11.2 Å². The van der Waals surface area contributed by atoms with Gasteiger partial charge in [0.1, 0.15) is 0 Å². The quantitative estimate of drug-likeness (QED) is 0.725. The van der Waals surface area contributed by atoms with E-state index in [1.165, 1.54) is 6.07 Å². The zero-order valence-corrected chi connectivity index (χ0v) is 11.9. The number of carbonyl (C=O) groups is 1. The largest absolute Gasteiger partial charge is 0.481 e. The van der Waals surface area contributed by atoms with Crippen LogP contribution in [0.15, 0.2) is 12.1 Å². The molecule has 0 aliphatic carbocycles. The molecular weight excluding hydrogens is 283 g/mol. The third-order valence-corrected chi connectivity index (χ3v) is 3.77. The van der Waals surface area contributed by atoms with Crippen molar-refractivity contribution in [1.29, 1.82) is 0 Å². The molecule has 0 aromatic heterocycles. The number of hydrogen-bond donors (Lipinski definition) is 2. The van der Waals surface area contributed by atoms with E-state index in [0.29, 0.717) is 12.8 Å². The Morgan fingerprint density at radius 3 is 2.48 bits per heavy atom. The second-order valence-electron chi connectivity index (χ2n) is 5.15. The van der Waals surface area contributed by atoms with E-state index in [1.807, 2.05) is 6.92 Å². The Morgan fingerprint density at radius 1 is 1.29 bits per heavy atom. The van der Waals surface area contributed by atoms with Crippen LogP contribution >= 0.6 is 0 Å². The minimum Gasteiger partial charge on any atom is -0.481 e. The predicted molar refractivity (Wildman–Crippen MR) is 73.2 cm³/mol. The highest BCUT2D eigenvalue weighted by atomic mass is 19.2. The molecule has 1 aromatic rings. The SMILES string of the molecule is CCC(CCc1ccc(F)c(F)c1F)CC(CN)C(=O)O. The minimum absolute atomic E-state index is 0.0437. The summed E-state index contributed by atoms with van der Waals surface area (Å²) in [6, 6.07) is 2.12. The number of carboxylic acids is 1. The molecule has 0 heterocycles. The number of halogens is 3. The molecule has 3 nitrogen and oxygen atoms in total. The van der Waals surface area contributed by atoms with Crippen LogP contribution in [0.2, 0.25) is 0 Å². The van der Waals surface area contributed by atoms with Crippen molar-refractivity contribution in [2.45, 2.75) is 32.6 Å². The van der Waals surface area contributed by atoms with Crippen LogP contribution in [-0.4, -0.2) is 17.6 Å². The van der Waals surface area contributed by atoms with Gasteiger partial charge < -0.3 is 10.8 Å². The Bertz CT molecular complexity index is 494. The fourth-order valence-corrected chi connectivity index (χ4v) is 2.31. The van der Waals surface area contributed by atoms with Gasteiger partial charge in [-0.1, -0.05) is 19.4 Å². The summed E-state index contributed by atoms with van der Waals surface area (Å²) >= 11 is 0. The maximum atomic E-state index is 13.5.